The summed E-state index contributed by atoms with van der Waals surface area (Å²) in [7, 11) is 0. The SMILES string of the molecule is CCC(c1ccccc1)N1CCN(Cc2noc(C)n2)CC1. The normalized spacial score (nSPS) is 18.5. The molecule has 1 atom stereocenters. The Hall–Kier alpha value is -1.72. The smallest absolute Gasteiger partial charge is 0.223 e. The van der Waals surface area contributed by atoms with E-state index < -0.39 is 0 Å². The third-order valence-corrected chi connectivity index (χ3v) is 4.35. The molecule has 0 saturated carbocycles. The number of benzene rings is 1. The van der Waals surface area contributed by atoms with Crippen molar-refractivity contribution in [3.05, 3.63) is 47.6 Å². The molecule has 1 fully saturated rings. The van der Waals surface area contributed by atoms with Crippen LogP contribution in [0.4, 0.5) is 0 Å². The van der Waals surface area contributed by atoms with Crippen LogP contribution < -0.4 is 0 Å². The number of piperazine rings is 1. The molecule has 0 N–H and O–H groups in total. The lowest BCUT2D eigenvalue weighted by Gasteiger charge is -2.38. The Balaban J connectivity index is 1.56. The molecule has 1 aliphatic rings. The maximum Gasteiger partial charge on any atom is 0.223 e. The first kappa shape index (κ1) is 15.2. The molecule has 1 saturated heterocycles. The van der Waals surface area contributed by atoms with Gasteiger partial charge in [0.25, 0.3) is 0 Å². The molecule has 118 valence electrons. The summed E-state index contributed by atoms with van der Waals surface area (Å²) in [6.45, 7) is 9.17. The van der Waals surface area contributed by atoms with Crippen LogP contribution in [0.1, 0.15) is 36.7 Å². The average molecular weight is 300 g/mol. The van der Waals surface area contributed by atoms with Crippen molar-refractivity contribution in [3.63, 3.8) is 0 Å². The zero-order valence-electron chi connectivity index (χ0n) is 13.4. The second-order valence-corrected chi connectivity index (χ2v) is 5.88. The van der Waals surface area contributed by atoms with Gasteiger partial charge in [-0.2, -0.15) is 4.98 Å². The molecule has 1 aromatic carbocycles. The van der Waals surface area contributed by atoms with Crippen LogP contribution in [0.25, 0.3) is 0 Å². The van der Waals surface area contributed by atoms with Crippen molar-refractivity contribution < 1.29 is 4.52 Å². The standard InChI is InChI=1S/C17H24N4O/c1-3-16(15-7-5-4-6-8-15)21-11-9-20(10-12-21)13-17-18-14(2)22-19-17/h4-8,16H,3,9-13H2,1-2H3. The zero-order chi connectivity index (χ0) is 15.4. The molecule has 0 amide bonds. The molecule has 0 aliphatic carbocycles. The molecule has 5 heteroatoms. The van der Waals surface area contributed by atoms with E-state index in [0.29, 0.717) is 11.9 Å². The topological polar surface area (TPSA) is 45.4 Å². The van der Waals surface area contributed by atoms with Crippen LogP contribution in [0.5, 0.6) is 0 Å². The van der Waals surface area contributed by atoms with Crippen LogP contribution in [0.2, 0.25) is 0 Å². The lowest BCUT2D eigenvalue weighted by molar-refractivity contribution is 0.0876. The fourth-order valence-electron chi connectivity index (χ4n) is 3.22. The molecule has 1 aliphatic heterocycles. The maximum atomic E-state index is 5.04. The van der Waals surface area contributed by atoms with Crippen molar-refractivity contribution >= 4 is 0 Å². The van der Waals surface area contributed by atoms with Gasteiger partial charge in [0, 0.05) is 39.1 Å². The molecule has 5 nitrogen and oxygen atoms in total. The van der Waals surface area contributed by atoms with Gasteiger partial charge in [-0.05, 0) is 12.0 Å². The summed E-state index contributed by atoms with van der Waals surface area (Å²) >= 11 is 0. The summed E-state index contributed by atoms with van der Waals surface area (Å²) < 4.78 is 5.04. The van der Waals surface area contributed by atoms with E-state index in [1.807, 2.05) is 6.92 Å². The third kappa shape index (κ3) is 3.54. The molecule has 3 rings (SSSR count). The number of aryl methyl sites for hydroxylation is 1. The molecule has 2 aromatic rings. The predicted octanol–water partition coefficient (Wildman–Crippen LogP) is 2.65. The summed E-state index contributed by atoms with van der Waals surface area (Å²) in [6, 6.07) is 11.3. The largest absolute Gasteiger partial charge is 0.340 e. The maximum absolute atomic E-state index is 5.04. The van der Waals surface area contributed by atoms with Gasteiger partial charge in [0.2, 0.25) is 5.89 Å². The van der Waals surface area contributed by atoms with E-state index in [9.17, 15) is 0 Å². The van der Waals surface area contributed by atoms with Crippen LogP contribution in [0.15, 0.2) is 34.9 Å². The summed E-state index contributed by atoms with van der Waals surface area (Å²) in [6.07, 6.45) is 1.15. The first-order valence-corrected chi connectivity index (χ1v) is 8.07. The average Bonchev–Trinajstić information content (AvgIpc) is 2.96. The second kappa shape index (κ2) is 7.03. The summed E-state index contributed by atoms with van der Waals surface area (Å²) in [5.74, 6) is 1.44. The van der Waals surface area contributed by atoms with Gasteiger partial charge in [-0.15, -0.1) is 0 Å². The van der Waals surface area contributed by atoms with Gasteiger partial charge >= 0.3 is 0 Å². The monoisotopic (exact) mass is 300 g/mol. The Morgan fingerprint density at radius 3 is 2.45 bits per heavy atom. The van der Waals surface area contributed by atoms with Crippen molar-refractivity contribution in [1.29, 1.82) is 0 Å². The van der Waals surface area contributed by atoms with E-state index in [1.165, 1.54) is 5.56 Å². The lowest BCUT2D eigenvalue weighted by atomic mass is 10.0. The Morgan fingerprint density at radius 2 is 1.86 bits per heavy atom. The van der Waals surface area contributed by atoms with Gasteiger partial charge in [0.1, 0.15) is 0 Å². The predicted molar refractivity (Wildman–Crippen MR) is 85.4 cm³/mol. The molecule has 0 radical (unpaired) electrons. The summed E-state index contributed by atoms with van der Waals surface area (Å²) in [5.41, 5.74) is 1.42. The first-order valence-electron chi connectivity index (χ1n) is 8.07. The zero-order valence-corrected chi connectivity index (χ0v) is 13.4. The minimum Gasteiger partial charge on any atom is -0.340 e. The highest BCUT2D eigenvalue weighted by Crippen LogP contribution is 2.25. The van der Waals surface area contributed by atoms with Crippen molar-refractivity contribution in [2.75, 3.05) is 26.2 Å². The molecule has 22 heavy (non-hydrogen) atoms. The number of rotatable bonds is 5. The van der Waals surface area contributed by atoms with Crippen molar-refractivity contribution in [2.24, 2.45) is 0 Å². The van der Waals surface area contributed by atoms with Crippen LogP contribution in [-0.2, 0) is 6.54 Å². The lowest BCUT2D eigenvalue weighted by Crippen LogP contribution is -2.47. The Labute approximate surface area is 131 Å². The molecule has 0 spiro atoms. The van der Waals surface area contributed by atoms with Crippen LogP contribution in [0.3, 0.4) is 0 Å². The summed E-state index contributed by atoms with van der Waals surface area (Å²) in [4.78, 5) is 9.28. The fourth-order valence-corrected chi connectivity index (χ4v) is 3.22. The molecular formula is C17H24N4O. The van der Waals surface area contributed by atoms with E-state index in [2.05, 4.69) is 57.2 Å². The molecular weight excluding hydrogens is 276 g/mol. The van der Waals surface area contributed by atoms with E-state index >= 15 is 0 Å². The third-order valence-electron chi connectivity index (χ3n) is 4.35. The Bertz CT molecular complexity index is 575. The highest BCUT2D eigenvalue weighted by molar-refractivity contribution is 5.19. The number of aromatic nitrogens is 2. The second-order valence-electron chi connectivity index (χ2n) is 5.88. The van der Waals surface area contributed by atoms with Crippen LogP contribution >= 0.6 is 0 Å². The number of nitrogens with zero attached hydrogens (tertiary/aromatic N) is 4. The van der Waals surface area contributed by atoms with Crippen molar-refractivity contribution in [1.82, 2.24) is 19.9 Å². The quantitative estimate of drug-likeness (QED) is 0.849. The van der Waals surface area contributed by atoms with Gasteiger partial charge in [0.15, 0.2) is 5.82 Å². The van der Waals surface area contributed by atoms with E-state index in [-0.39, 0.29) is 0 Å². The minimum atomic E-state index is 0.524. The van der Waals surface area contributed by atoms with E-state index in [4.69, 9.17) is 4.52 Å². The highest BCUT2D eigenvalue weighted by Gasteiger charge is 2.24. The highest BCUT2D eigenvalue weighted by atomic mass is 16.5. The van der Waals surface area contributed by atoms with Crippen LogP contribution in [-0.4, -0.2) is 46.1 Å². The van der Waals surface area contributed by atoms with Gasteiger partial charge in [-0.3, -0.25) is 9.80 Å². The Morgan fingerprint density at radius 1 is 1.14 bits per heavy atom. The van der Waals surface area contributed by atoms with E-state index in [1.54, 1.807) is 0 Å². The number of hydrogen-bond donors (Lipinski definition) is 0. The first-order chi connectivity index (χ1) is 10.8. The van der Waals surface area contributed by atoms with Gasteiger partial charge in [-0.1, -0.05) is 42.4 Å². The van der Waals surface area contributed by atoms with Crippen molar-refractivity contribution in [3.8, 4) is 0 Å². The van der Waals surface area contributed by atoms with Gasteiger partial charge in [0.05, 0.1) is 6.54 Å². The van der Waals surface area contributed by atoms with E-state index in [0.717, 1.165) is 45.0 Å². The molecule has 1 unspecified atom stereocenters. The molecule has 2 heterocycles. The van der Waals surface area contributed by atoms with Crippen LogP contribution in [0, 0.1) is 6.92 Å². The summed E-state index contributed by atoms with van der Waals surface area (Å²) in [5, 5.41) is 3.99. The molecule has 1 aromatic heterocycles. The van der Waals surface area contributed by atoms with Crippen molar-refractivity contribution in [2.45, 2.75) is 32.9 Å². The van der Waals surface area contributed by atoms with Gasteiger partial charge < -0.3 is 4.52 Å². The van der Waals surface area contributed by atoms with Gasteiger partial charge in [-0.25, -0.2) is 0 Å². The Kier molecular flexibility index (Phi) is 4.85. The fraction of sp³-hybridized carbons (Fsp3) is 0.529. The number of hydrogen-bond acceptors (Lipinski definition) is 5. The molecule has 0 bridgehead atoms. The minimum absolute atomic E-state index is 0.524.